The normalized spacial score (nSPS) is 10.8. The molecule has 1 amide bonds. The Bertz CT molecular complexity index is 1200. The molecule has 138 valence electrons. The molecule has 28 heavy (non-hydrogen) atoms. The van der Waals surface area contributed by atoms with Gasteiger partial charge in [-0.25, -0.2) is 15.0 Å². The first kappa shape index (κ1) is 17.5. The number of nitrogens with one attached hydrogen (secondary N) is 1. The van der Waals surface area contributed by atoms with Gasteiger partial charge >= 0.3 is 0 Å². The minimum Gasteiger partial charge on any atom is -0.290 e. The summed E-state index contributed by atoms with van der Waals surface area (Å²) in [5.41, 5.74) is 2.21. The Hall–Kier alpha value is -3.87. The van der Waals surface area contributed by atoms with Crippen LogP contribution in [0.15, 0.2) is 71.9 Å². The molecule has 0 saturated heterocycles. The molecule has 4 aromatic rings. The highest BCUT2D eigenvalue weighted by Gasteiger charge is 2.17. The van der Waals surface area contributed by atoms with Crippen molar-refractivity contribution in [3.63, 3.8) is 0 Å². The first-order valence-corrected chi connectivity index (χ1v) is 8.74. The smallest absolute Gasteiger partial charge is 0.265 e. The second-order valence-corrected chi connectivity index (χ2v) is 6.38. The second-order valence-electron chi connectivity index (χ2n) is 6.38. The maximum Gasteiger partial charge on any atom is 0.265 e. The number of rotatable bonds is 4. The molecule has 3 aromatic heterocycles. The number of aryl methyl sites for hydroxylation is 1. The van der Waals surface area contributed by atoms with Crippen LogP contribution in [0, 0.1) is 6.92 Å². The van der Waals surface area contributed by atoms with Gasteiger partial charge in [-0.2, -0.15) is 0 Å². The van der Waals surface area contributed by atoms with Crippen LogP contribution in [0.5, 0.6) is 0 Å². The lowest BCUT2D eigenvalue weighted by Gasteiger charge is -2.12. The molecular formula is C21H17N5O2. The molecule has 0 fully saturated rings. The predicted molar refractivity (Wildman–Crippen MR) is 106 cm³/mol. The molecule has 7 nitrogen and oxygen atoms in total. The van der Waals surface area contributed by atoms with Crippen molar-refractivity contribution in [2.24, 2.45) is 0 Å². The summed E-state index contributed by atoms with van der Waals surface area (Å²) < 4.78 is 1.51. The molecule has 0 radical (unpaired) electrons. The lowest BCUT2D eigenvalue weighted by molar-refractivity contribution is 0.102. The summed E-state index contributed by atoms with van der Waals surface area (Å²) in [6.45, 7) is 2.32. The number of pyridine rings is 2. The van der Waals surface area contributed by atoms with Gasteiger partial charge in [-0.05, 0) is 36.8 Å². The van der Waals surface area contributed by atoms with Crippen molar-refractivity contribution in [3.8, 4) is 0 Å². The topological polar surface area (TPSA) is 89.8 Å². The van der Waals surface area contributed by atoms with Gasteiger partial charge in [0, 0.05) is 24.0 Å². The Balaban J connectivity index is 1.79. The van der Waals surface area contributed by atoms with Crippen molar-refractivity contribution in [2.45, 2.75) is 13.5 Å². The molecule has 3 heterocycles. The predicted octanol–water partition coefficient (Wildman–Crippen LogP) is 2.80. The van der Waals surface area contributed by atoms with Crippen LogP contribution in [-0.2, 0) is 6.54 Å². The van der Waals surface area contributed by atoms with Crippen LogP contribution >= 0.6 is 0 Å². The van der Waals surface area contributed by atoms with E-state index in [4.69, 9.17) is 0 Å². The van der Waals surface area contributed by atoms with Crippen LogP contribution < -0.4 is 10.9 Å². The Morgan fingerprint density at radius 1 is 1.00 bits per heavy atom. The highest BCUT2D eigenvalue weighted by Crippen LogP contribution is 2.14. The standard InChI is InChI=1S/C21H17N5O2/c1-14-5-7-15(8-6-14)13-26-18-16(4-2-9-22-18)12-17(20(26)28)19(27)25-21-23-10-3-11-24-21/h2-12H,13H2,1H3,(H,23,24,25,27). The summed E-state index contributed by atoms with van der Waals surface area (Å²) in [5, 5.41) is 3.27. The fraction of sp³-hybridized carbons (Fsp3) is 0.0952. The third-order valence-corrected chi connectivity index (χ3v) is 4.34. The van der Waals surface area contributed by atoms with Crippen molar-refractivity contribution in [1.82, 2.24) is 19.5 Å². The third-order valence-electron chi connectivity index (χ3n) is 4.34. The molecule has 7 heteroatoms. The molecule has 0 aliphatic heterocycles. The van der Waals surface area contributed by atoms with Crippen molar-refractivity contribution in [1.29, 1.82) is 0 Å². The minimum absolute atomic E-state index is 0.0139. The Morgan fingerprint density at radius 2 is 1.71 bits per heavy atom. The highest BCUT2D eigenvalue weighted by atomic mass is 16.2. The van der Waals surface area contributed by atoms with Gasteiger partial charge < -0.3 is 0 Å². The summed E-state index contributed by atoms with van der Waals surface area (Å²) >= 11 is 0. The average molecular weight is 371 g/mol. The zero-order valence-corrected chi connectivity index (χ0v) is 15.2. The van der Waals surface area contributed by atoms with E-state index in [2.05, 4.69) is 20.3 Å². The number of carbonyl (C=O) groups excluding carboxylic acids is 1. The van der Waals surface area contributed by atoms with Gasteiger partial charge in [0.05, 0.1) is 6.54 Å². The average Bonchev–Trinajstić information content (AvgIpc) is 2.72. The van der Waals surface area contributed by atoms with E-state index >= 15 is 0 Å². The fourth-order valence-corrected chi connectivity index (χ4v) is 2.92. The number of benzene rings is 1. The molecular weight excluding hydrogens is 354 g/mol. The number of carbonyl (C=O) groups is 1. The van der Waals surface area contributed by atoms with Crippen molar-refractivity contribution in [3.05, 3.63) is 94.2 Å². The molecule has 0 aliphatic rings. The summed E-state index contributed by atoms with van der Waals surface area (Å²) in [6.07, 6.45) is 4.66. The minimum atomic E-state index is -0.556. The lowest BCUT2D eigenvalue weighted by Crippen LogP contribution is -2.30. The zero-order valence-electron chi connectivity index (χ0n) is 15.2. The van der Waals surface area contributed by atoms with Crippen molar-refractivity contribution in [2.75, 3.05) is 5.32 Å². The van der Waals surface area contributed by atoms with E-state index in [9.17, 15) is 9.59 Å². The maximum atomic E-state index is 13.1. The number of hydrogen-bond acceptors (Lipinski definition) is 5. The van der Waals surface area contributed by atoms with Gasteiger partial charge in [-0.3, -0.25) is 19.5 Å². The van der Waals surface area contributed by atoms with E-state index < -0.39 is 11.5 Å². The van der Waals surface area contributed by atoms with Gasteiger partial charge in [-0.15, -0.1) is 0 Å². The van der Waals surface area contributed by atoms with Crippen LogP contribution in [-0.4, -0.2) is 25.4 Å². The van der Waals surface area contributed by atoms with E-state index in [1.807, 2.05) is 37.3 Å². The van der Waals surface area contributed by atoms with Gasteiger partial charge in [0.2, 0.25) is 5.95 Å². The molecule has 0 spiro atoms. The Morgan fingerprint density at radius 3 is 2.46 bits per heavy atom. The number of fused-ring (bicyclic) bond motifs is 1. The molecule has 4 rings (SSSR count). The lowest BCUT2D eigenvalue weighted by atomic mass is 10.1. The number of aromatic nitrogens is 4. The monoisotopic (exact) mass is 371 g/mol. The Labute approximate surface area is 160 Å². The summed E-state index contributed by atoms with van der Waals surface area (Å²) in [4.78, 5) is 38.1. The van der Waals surface area contributed by atoms with Gasteiger partial charge in [0.15, 0.2) is 0 Å². The molecule has 0 saturated carbocycles. The molecule has 1 N–H and O–H groups in total. The first-order chi connectivity index (χ1) is 13.6. The molecule has 0 atom stereocenters. The summed E-state index contributed by atoms with van der Waals surface area (Å²) in [5.74, 6) is -0.414. The quantitative estimate of drug-likeness (QED) is 0.596. The van der Waals surface area contributed by atoms with Gasteiger partial charge in [0.25, 0.3) is 11.5 Å². The van der Waals surface area contributed by atoms with E-state index in [0.29, 0.717) is 17.6 Å². The van der Waals surface area contributed by atoms with Crippen molar-refractivity contribution >= 4 is 22.9 Å². The Kier molecular flexibility index (Phi) is 4.63. The summed E-state index contributed by atoms with van der Waals surface area (Å²) in [7, 11) is 0. The van der Waals surface area contributed by atoms with E-state index in [0.717, 1.165) is 11.1 Å². The van der Waals surface area contributed by atoms with Crippen LogP contribution in [0.25, 0.3) is 11.0 Å². The molecule has 1 aromatic carbocycles. The number of nitrogens with zero attached hydrogens (tertiary/aromatic N) is 4. The maximum absolute atomic E-state index is 13.1. The second kappa shape index (κ2) is 7.40. The SMILES string of the molecule is Cc1ccc(Cn2c(=O)c(C(=O)Nc3ncccn3)cc3cccnc32)cc1. The third kappa shape index (κ3) is 3.50. The van der Waals surface area contributed by atoms with Crippen LogP contribution in [0.2, 0.25) is 0 Å². The van der Waals surface area contributed by atoms with Crippen LogP contribution in [0.3, 0.4) is 0 Å². The van der Waals surface area contributed by atoms with E-state index in [-0.39, 0.29) is 11.5 Å². The molecule has 0 unspecified atom stereocenters. The highest BCUT2D eigenvalue weighted by molar-refractivity contribution is 6.04. The van der Waals surface area contributed by atoms with E-state index in [1.54, 1.807) is 24.4 Å². The number of anilines is 1. The van der Waals surface area contributed by atoms with E-state index in [1.165, 1.54) is 17.0 Å². The molecule has 0 bridgehead atoms. The van der Waals surface area contributed by atoms with Crippen LogP contribution in [0.1, 0.15) is 21.5 Å². The van der Waals surface area contributed by atoms with Crippen LogP contribution in [0.4, 0.5) is 5.95 Å². The largest absolute Gasteiger partial charge is 0.290 e. The fourth-order valence-electron chi connectivity index (χ4n) is 2.92. The summed E-state index contributed by atoms with van der Waals surface area (Å²) in [6, 6.07) is 14.7. The van der Waals surface area contributed by atoms with Crippen molar-refractivity contribution < 1.29 is 4.79 Å². The van der Waals surface area contributed by atoms with Gasteiger partial charge in [-0.1, -0.05) is 29.8 Å². The van der Waals surface area contributed by atoms with Gasteiger partial charge in [0.1, 0.15) is 11.2 Å². The number of hydrogen-bond donors (Lipinski definition) is 1. The molecule has 0 aliphatic carbocycles. The first-order valence-electron chi connectivity index (χ1n) is 8.74. The number of amides is 1. The zero-order chi connectivity index (χ0) is 19.5.